The first kappa shape index (κ1) is 37.2. The molecule has 0 bridgehead atoms. The summed E-state index contributed by atoms with van der Waals surface area (Å²) in [5.41, 5.74) is 18.6. The maximum Gasteiger partial charge on any atom is 0.0561 e. The third-order valence-electron chi connectivity index (χ3n) is 12.3. The highest BCUT2D eigenvalue weighted by Crippen LogP contribution is 2.42. The summed E-state index contributed by atoms with van der Waals surface area (Å²) in [5.74, 6) is 0. The maximum atomic E-state index is 2.42. The van der Waals surface area contributed by atoms with Crippen LogP contribution in [0.3, 0.4) is 0 Å². The van der Waals surface area contributed by atoms with Crippen molar-refractivity contribution < 1.29 is 0 Å². The molecule has 0 saturated heterocycles. The van der Waals surface area contributed by atoms with Crippen LogP contribution in [0.5, 0.6) is 0 Å². The number of benzene rings is 9. The topological polar surface area (TPSA) is 16.3 Å². The second-order valence-corrected chi connectivity index (χ2v) is 16.6. The molecule has 2 heterocycles. The van der Waals surface area contributed by atoms with Gasteiger partial charge in [0, 0.05) is 67.0 Å². The van der Waals surface area contributed by atoms with E-state index >= 15 is 0 Å². The number of aryl methyl sites for hydroxylation is 4. The number of para-hydroxylation sites is 2. The minimum absolute atomic E-state index is 1.11. The van der Waals surface area contributed by atoms with Crippen molar-refractivity contribution in [2.24, 2.45) is 0 Å². The van der Waals surface area contributed by atoms with Crippen LogP contribution in [0.25, 0.3) is 55.0 Å². The monoisotopic (exact) mass is 798 g/mol. The predicted octanol–water partition coefficient (Wildman–Crippen LogP) is 16.1. The lowest BCUT2D eigenvalue weighted by Gasteiger charge is -2.26. The summed E-state index contributed by atoms with van der Waals surface area (Å²) in [6.45, 7) is 8.58. The Morgan fingerprint density at radius 1 is 0.258 bits per heavy atom. The molecule has 62 heavy (non-hydrogen) atoms. The van der Waals surface area contributed by atoms with Crippen LogP contribution in [-0.4, -0.2) is 9.13 Å². The Bertz CT molecular complexity index is 3380. The molecule has 11 rings (SSSR count). The Morgan fingerprint density at radius 2 is 0.613 bits per heavy atom. The molecular formula is C58H46N4. The van der Waals surface area contributed by atoms with Crippen LogP contribution < -0.4 is 9.80 Å². The van der Waals surface area contributed by atoms with E-state index in [0.717, 1.165) is 56.5 Å². The lowest BCUT2D eigenvalue weighted by atomic mass is 10.1. The van der Waals surface area contributed by atoms with Crippen molar-refractivity contribution in [3.8, 4) is 11.4 Å². The molecule has 0 unspecified atom stereocenters. The zero-order chi connectivity index (χ0) is 41.9. The average Bonchev–Trinajstić information content (AvgIpc) is 3.81. The summed E-state index contributed by atoms with van der Waals surface area (Å²) >= 11 is 0. The summed E-state index contributed by atoms with van der Waals surface area (Å²) in [6.07, 6.45) is 0. The van der Waals surface area contributed by atoms with Crippen molar-refractivity contribution in [3.05, 3.63) is 229 Å². The molecule has 298 valence electrons. The minimum Gasteiger partial charge on any atom is -0.310 e. The molecule has 4 nitrogen and oxygen atoms in total. The molecule has 4 heteroatoms. The number of aromatic nitrogens is 2. The Hall–Kier alpha value is -7.82. The van der Waals surface area contributed by atoms with Crippen molar-refractivity contribution in [2.75, 3.05) is 9.80 Å². The number of hydrogen-bond donors (Lipinski definition) is 0. The third kappa shape index (κ3) is 6.40. The SMILES string of the molecule is Cc1ccc(N(c2ccc(C)cc2)c2ccc3c4ccccc4n(-c4ccc(-n5c6ccccc6c6ccc(N(c7ccc(C)cc7)c7cccc(C)c7)cc65)cc4)c3c2)cc1. The van der Waals surface area contributed by atoms with Crippen molar-refractivity contribution in [1.29, 1.82) is 0 Å². The van der Waals surface area contributed by atoms with Gasteiger partial charge in [0.15, 0.2) is 0 Å². The molecule has 0 spiro atoms. The van der Waals surface area contributed by atoms with E-state index in [0.29, 0.717) is 0 Å². The van der Waals surface area contributed by atoms with Crippen molar-refractivity contribution in [2.45, 2.75) is 27.7 Å². The molecular weight excluding hydrogens is 753 g/mol. The van der Waals surface area contributed by atoms with E-state index in [9.17, 15) is 0 Å². The lowest BCUT2D eigenvalue weighted by Crippen LogP contribution is -2.10. The zero-order valence-electron chi connectivity index (χ0n) is 35.4. The molecule has 0 saturated carbocycles. The van der Waals surface area contributed by atoms with E-state index in [1.807, 2.05) is 0 Å². The van der Waals surface area contributed by atoms with Gasteiger partial charge in [-0.2, -0.15) is 0 Å². The molecule has 0 N–H and O–H groups in total. The van der Waals surface area contributed by atoms with Crippen LogP contribution in [0, 0.1) is 27.7 Å². The van der Waals surface area contributed by atoms with Crippen LogP contribution in [-0.2, 0) is 0 Å². The summed E-state index contributed by atoms with van der Waals surface area (Å²) in [5, 5.41) is 4.92. The van der Waals surface area contributed by atoms with Gasteiger partial charge < -0.3 is 18.9 Å². The quantitative estimate of drug-likeness (QED) is 0.152. The van der Waals surface area contributed by atoms with Gasteiger partial charge in [0.05, 0.1) is 22.1 Å². The van der Waals surface area contributed by atoms with Gasteiger partial charge in [-0.25, -0.2) is 0 Å². The maximum absolute atomic E-state index is 2.42. The van der Waals surface area contributed by atoms with E-state index in [2.05, 4.69) is 253 Å². The Kier molecular flexibility index (Phi) is 9.01. The van der Waals surface area contributed by atoms with Gasteiger partial charge in [0.1, 0.15) is 0 Å². The van der Waals surface area contributed by atoms with Crippen LogP contribution in [0.4, 0.5) is 34.1 Å². The van der Waals surface area contributed by atoms with Gasteiger partial charge in [0.25, 0.3) is 0 Å². The van der Waals surface area contributed by atoms with Crippen molar-refractivity contribution in [1.82, 2.24) is 9.13 Å². The standard InChI is InChI=1S/C58H46N4/c1-39-16-22-43(23-17-39)59(44-24-18-40(2)19-25-44)49-32-34-53-51-12-5-7-14-55(51)61(57(53)37-49)46-28-30-47(31-29-46)62-56-15-8-6-13-52(56)54-35-33-50(38-58(54)62)60(45-26-20-41(3)21-27-45)48-11-9-10-42(4)36-48/h5-38H,1-4H3. The number of nitrogens with zero attached hydrogens (tertiary/aromatic N) is 4. The van der Waals surface area contributed by atoms with Crippen LogP contribution in [0.15, 0.2) is 206 Å². The number of anilines is 6. The molecule has 0 aliphatic rings. The number of fused-ring (bicyclic) bond motifs is 6. The van der Waals surface area contributed by atoms with E-state index in [-0.39, 0.29) is 0 Å². The average molecular weight is 799 g/mol. The Labute approximate surface area is 362 Å². The van der Waals surface area contributed by atoms with E-state index in [1.165, 1.54) is 54.8 Å². The van der Waals surface area contributed by atoms with Gasteiger partial charge in [-0.05, 0) is 142 Å². The van der Waals surface area contributed by atoms with E-state index in [4.69, 9.17) is 0 Å². The highest BCUT2D eigenvalue weighted by Gasteiger charge is 2.20. The van der Waals surface area contributed by atoms with Crippen LogP contribution in [0.1, 0.15) is 22.3 Å². The van der Waals surface area contributed by atoms with Gasteiger partial charge in [-0.3, -0.25) is 0 Å². The predicted molar refractivity (Wildman–Crippen MR) is 263 cm³/mol. The first-order valence-electron chi connectivity index (χ1n) is 21.4. The van der Waals surface area contributed by atoms with Gasteiger partial charge in [-0.1, -0.05) is 114 Å². The highest BCUT2D eigenvalue weighted by molar-refractivity contribution is 6.11. The van der Waals surface area contributed by atoms with Gasteiger partial charge in [0.2, 0.25) is 0 Å². The molecule has 11 aromatic rings. The first-order valence-corrected chi connectivity index (χ1v) is 21.4. The molecule has 0 atom stereocenters. The van der Waals surface area contributed by atoms with Crippen molar-refractivity contribution >= 4 is 77.7 Å². The van der Waals surface area contributed by atoms with Crippen LogP contribution >= 0.6 is 0 Å². The summed E-state index contributed by atoms with van der Waals surface area (Å²) in [4.78, 5) is 4.73. The van der Waals surface area contributed by atoms with Gasteiger partial charge >= 0.3 is 0 Å². The summed E-state index contributed by atoms with van der Waals surface area (Å²) < 4.78 is 4.85. The van der Waals surface area contributed by atoms with Gasteiger partial charge in [-0.15, -0.1) is 0 Å². The minimum atomic E-state index is 1.11. The molecule has 0 fully saturated rings. The Morgan fingerprint density at radius 3 is 1.03 bits per heavy atom. The molecule has 2 aromatic heterocycles. The molecule has 9 aromatic carbocycles. The molecule has 0 amide bonds. The molecule has 0 aliphatic carbocycles. The third-order valence-corrected chi connectivity index (χ3v) is 12.3. The first-order chi connectivity index (χ1) is 30.4. The van der Waals surface area contributed by atoms with E-state index < -0.39 is 0 Å². The van der Waals surface area contributed by atoms with Crippen LogP contribution in [0.2, 0.25) is 0 Å². The number of rotatable bonds is 8. The summed E-state index contributed by atoms with van der Waals surface area (Å²) in [6, 6.07) is 75.7. The second kappa shape index (κ2) is 15.0. The Balaban J connectivity index is 1.06. The zero-order valence-corrected chi connectivity index (χ0v) is 35.4. The molecule has 0 aliphatic heterocycles. The fourth-order valence-electron chi connectivity index (χ4n) is 9.25. The fraction of sp³-hybridized carbons (Fsp3) is 0.0690. The molecule has 0 radical (unpaired) electrons. The van der Waals surface area contributed by atoms with E-state index in [1.54, 1.807) is 0 Å². The van der Waals surface area contributed by atoms with Crippen molar-refractivity contribution in [3.63, 3.8) is 0 Å². The largest absolute Gasteiger partial charge is 0.310 e. The fourth-order valence-corrected chi connectivity index (χ4v) is 9.25. The number of hydrogen-bond acceptors (Lipinski definition) is 2. The lowest BCUT2D eigenvalue weighted by molar-refractivity contribution is 1.14. The highest BCUT2D eigenvalue weighted by atomic mass is 15.2. The smallest absolute Gasteiger partial charge is 0.0561 e. The summed E-state index contributed by atoms with van der Waals surface area (Å²) in [7, 11) is 0. The normalized spacial score (nSPS) is 11.5. The second-order valence-electron chi connectivity index (χ2n) is 16.6.